The van der Waals surface area contributed by atoms with Crippen molar-refractivity contribution in [2.24, 2.45) is 0 Å². The Morgan fingerprint density at radius 3 is 2.27 bits per heavy atom. The van der Waals surface area contributed by atoms with Crippen LogP contribution < -0.4 is 25.0 Å². The van der Waals surface area contributed by atoms with Crippen LogP contribution in [0, 0.1) is 0 Å². The van der Waals surface area contributed by atoms with Crippen LogP contribution in [0.1, 0.15) is 11.6 Å². The Hall–Kier alpha value is -3.30. The average molecular weight is 457 g/mol. The summed E-state index contributed by atoms with van der Waals surface area (Å²) in [5.41, 5.74) is 2.61. The maximum atomic E-state index is 12.6. The number of hydrogen-bond donors (Lipinski definition) is 2. The minimum atomic E-state index is -0.745. The number of hydrogen-bond acceptors (Lipinski definition) is 7. The standard InChI is InChI=1S/C24H32N4O5/c1-27(2)19-8-5-17(6-9-19)20(28-11-13-33-14-12-28)16-25-23(29)24(30)26-18-7-10-21(31-3)22(15-18)32-4/h5-10,15,20H,11-14,16H2,1-4H3,(H,25,29)(H,26,30). The molecule has 3 rings (SSSR count). The molecule has 0 radical (unpaired) electrons. The number of rotatable bonds is 8. The third kappa shape index (κ3) is 6.36. The summed E-state index contributed by atoms with van der Waals surface area (Å²) in [5, 5.41) is 5.39. The lowest BCUT2D eigenvalue weighted by Gasteiger charge is -2.35. The van der Waals surface area contributed by atoms with E-state index in [1.54, 1.807) is 18.2 Å². The molecule has 33 heavy (non-hydrogen) atoms. The highest BCUT2D eigenvalue weighted by Crippen LogP contribution is 2.29. The van der Waals surface area contributed by atoms with Crippen molar-refractivity contribution in [1.29, 1.82) is 0 Å². The largest absolute Gasteiger partial charge is 0.493 e. The van der Waals surface area contributed by atoms with Gasteiger partial charge in [-0.25, -0.2) is 0 Å². The normalized spacial score (nSPS) is 14.8. The van der Waals surface area contributed by atoms with E-state index in [9.17, 15) is 9.59 Å². The Kier molecular flexibility index (Phi) is 8.51. The summed E-state index contributed by atoms with van der Waals surface area (Å²) in [5.74, 6) is -0.447. The first-order valence-corrected chi connectivity index (χ1v) is 10.8. The number of ether oxygens (including phenoxy) is 3. The van der Waals surface area contributed by atoms with Crippen LogP contribution in [-0.4, -0.2) is 77.9 Å². The van der Waals surface area contributed by atoms with E-state index in [0.29, 0.717) is 36.9 Å². The van der Waals surface area contributed by atoms with Crippen molar-refractivity contribution >= 4 is 23.2 Å². The zero-order valence-electron chi connectivity index (χ0n) is 19.6. The molecule has 1 saturated heterocycles. The summed E-state index contributed by atoms with van der Waals surface area (Å²) >= 11 is 0. The van der Waals surface area contributed by atoms with E-state index >= 15 is 0 Å². The topological polar surface area (TPSA) is 92.4 Å². The third-order valence-corrected chi connectivity index (χ3v) is 5.58. The van der Waals surface area contributed by atoms with Crippen molar-refractivity contribution in [2.75, 3.05) is 71.4 Å². The minimum Gasteiger partial charge on any atom is -0.493 e. The fourth-order valence-electron chi connectivity index (χ4n) is 3.71. The SMILES string of the molecule is COc1ccc(NC(=O)C(=O)NCC(c2ccc(N(C)C)cc2)N2CCOCC2)cc1OC. The second kappa shape index (κ2) is 11.5. The third-order valence-electron chi connectivity index (χ3n) is 5.58. The predicted octanol–water partition coefficient (Wildman–Crippen LogP) is 1.90. The molecular formula is C24H32N4O5. The first kappa shape index (κ1) is 24.3. The highest BCUT2D eigenvalue weighted by atomic mass is 16.5. The molecule has 2 aromatic rings. The minimum absolute atomic E-state index is 0.0667. The van der Waals surface area contributed by atoms with E-state index in [4.69, 9.17) is 14.2 Å². The van der Waals surface area contributed by atoms with E-state index in [0.717, 1.165) is 24.3 Å². The number of nitrogens with zero attached hydrogens (tertiary/aromatic N) is 2. The molecule has 0 spiro atoms. The van der Waals surface area contributed by atoms with Crippen molar-refractivity contribution in [3.63, 3.8) is 0 Å². The smallest absolute Gasteiger partial charge is 0.313 e. The molecule has 1 fully saturated rings. The van der Waals surface area contributed by atoms with Gasteiger partial charge in [-0.2, -0.15) is 0 Å². The van der Waals surface area contributed by atoms with Gasteiger partial charge in [-0.3, -0.25) is 14.5 Å². The van der Waals surface area contributed by atoms with Gasteiger partial charge in [0.15, 0.2) is 11.5 Å². The van der Waals surface area contributed by atoms with E-state index in [1.165, 1.54) is 14.2 Å². The van der Waals surface area contributed by atoms with E-state index < -0.39 is 11.8 Å². The summed E-state index contributed by atoms with van der Waals surface area (Å²) in [6.45, 7) is 3.10. The molecule has 1 heterocycles. The summed E-state index contributed by atoms with van der Waals surface area (Å²) in [7, 11) is 7.02. The van der Waals surface area contributed by atoms with Crippen LogP contribution in [0.2, 0.25) is 0 Å². The zero-order valence-corrected chi connectivity index (χ0v) is 19.6. The van der Waals surface area contributed by atoms with Gasteiger partial charge in [-0.05, 0) is 29.8 Å². The molecular weight excluding hydrogens is 424 g/mol. The van der Waals surface area contributed by atoms with Gasteiger partial charge in [0.05, 0.1) is 33.5 Å². The van der Waals surface area contributed by atoms with E-state index in [1.807, 2.05) is 31.1 Å². The van der Waals surface area contributed by atoms with Crippen LogP contribution in [-0.2, 0) is 14.3 Å². The first-order valence-electron chi connectivity index (χ1n) is 10.8. The molecule has 1 aliphatic heterocycles. The fourth-order valence-corrected chi connectivity index (χ4v) is 3.71. The summed E-state index contributed by atoms with van der Waals surface area (Å²) in [6.07, 6.45) is 0. The number of methoxy groups -OCH3 is 2. The summed E-state index contributed by atoms with van der Waals surface area (Å²) < 4.78 is 15.9. The molecule has 0 aliphatic carbocycles. The molecule has 2 N–H and O–H groups in total. The first-order chi connectivity index (χ1) is 15.9. The fraction of sp³-hybridized carbons (Fsp3) is 0.417. The molecule has 0 saturated carbocycles. The lowest BCUT2D eigenvalue weighted by atomic mass is 10.0. The van der Waals surface area contributed by atoms with Gasteiger partial charge in [0.2, 0.25) is 0 Å². The molecule has 2 amide bonds. The molecule has 9 heteroatoms. The Morgan fingerprint density at radius 1 is 1.00 bits per heavy atom. The second-order valence-electron chi connectivity index (χ2n) is 7.88. The molecule has 178 valence electrons. The average Bonchev–Trinajstić information content (AvgIpc) is 2.84. The summed E-state index contributed by atoms with van der Waals surface area (Å²) in [6, 6.07) is 13.1. The summed E-state index contributed by atoms with van der Waals surface area (Å²) in [4.78, 5) is 29.3. The van der Waals surface area contributed by atoms with Crippen LogP contribution in [0.3, 0.4) is 0 Å². The number of amides is 2. The highest BCUT2D eigenvalue weighted by molar-refractivity contribution is 6.39. The monoisotopic (exact) mass is 456 g/mol. The maximum Gasteiger partial charge on any atom is 0.313 e. The number of anilines is 2. The number of nitrogens with one attached hydrogen (secondary N) is 2. The predicted molar refractivity (Wildman–Crippen MR) is 127 cm³/mol. The van der Waals surface area contributed by atoms with Gasteiger partial charge in [-0.1, -0.05) is 12.1 Å². The Bertz CT molecular complexity index is 942. The number of carbonyl (C=O) groups is 2. The quantitative estimate of drug-likeness (QED) is 0.586. The Balaban J connectivity index is 1.66. The highest BCUT2D eigenvalue weighted by Gasteiger charge is 2.25. The molecule has 1 unspecified atom stereocenters. The van der Waals surface area contributed by atoms with E-state index in [-0.39, 0.29) is 6.04 Å². The number of morpholine rings is 1. The van der Waals surface area contributed by atoms with Crippen LogP contribution in [0.4, 0.5) is 11.4 Å². The van der Waals surface area contributed by atoms with Crippen LogP contribution >= 0.6 is 0 Å². The molecule has 0 bridgehead atoms. The van der Waals surface area contributed by atoms with Gasteiger partial charge in [0.1, 0.15) is 0 Å². The lowest BCUT2D eigenvalue weighted by Crippen LogP contribution is -2.45. The Morgan fingerprint density at radius 2 is 1.67 bits per heavy atom. The molecule has 0 aromatic heterocycles. The lowest BCUT2D eigenvalue weighted by molar-refractivity contribution is -0.136. The van der Waals surface area contributed by atoms with Gasteiger partial charge in [0, 0.05) is 51.2 Å². The molecule has 2 aromatic carbocycles. The maximum absolute atomic E-state index is 12.6. The van der Waals surface area contributed by atoms with Crippen LogP contribution in [0.5, 0.6) is 11.5 Å². The van der Waals surface area contributed by atoms with Crippen molar-refractivity contribution < 1.29 is 23.8 Å². The Labute approximate surface area is 194 Å². The van der Waals surface area contributed by atoms with Crippen molar-refractivity contribution in [3.8, 4) is 11.5 Å². The van der Waals surface area contributed by atoms with Gasteiger partial charge in [0.25, 0.3) is 0 Å². The van der Waals surface area contributed by atoms with Crippen molar-refractivity contribution in [3.05, 3.63) is 48.0 Å². The van der Waals surface area contributed by atoms with Crippen molar-refractivity contribution in [1.82, 2.24) is 10.2 Å². The van der Waals surface area contributed by atoms with Crippen LogP contribution in [0.25, 0.3) is 0 Å². The molecule has 1 atom stereocenters. The van der Waals surface area contributed by atoms with Crippen molar-refractivity contribution in [2.45, 2.75) is 6.04 Å². The zero-order chi connectivity index (χ0) is 23.8. The number of carbonyl (C=O) groups excluding carboxylic acids is 2. The second-order valence-corrected chi connectivity index (χ2v) is 7.88. The number of benzene rings is 2. The molecule has 9 nitrogen and oxygen atoms in total. The van der Waals surface area contributed by atoms with E-state index in [2.05, 4.69) is 27.7 Å². The van der Waals surface area contributed by atoms with Gasteiger partial charge >= 0.3 is 11.8 Å². The molecule has 1 aliphatic rings. The van der Waals surface area contributed by atoms with Crippen LogP contribution in [0.15, 0.2) is 42.5 Å². The van der Waals surface area contributed by atoms with Gasteiger partial charge in [-0.15, -0.1) is 0 Å². The van der Waals surface area contributed by atoms with Gasteiger partial charge < -0.3 is 29.7 Å².